The van der Waals surface area contributed by atoms with Crippen LogP contribution < -0.4 is 10.6 Å². The molecular weight excluding hydrogens is 482 g/mol. The van der Waals surface area contributed by atoms with E-state index in [4.69, 9.17) is 14.2 Å². The molecule has 0 spiro atoms. The molecule has 0 saturated carbocycles. The first-order valence-electron chi connectivity index (χ1n) is 13.2. The predicted octanol–water partition coefficient (Wildman–Crippen LogP) is 4.38. The molecule has 5 rings (SSSR count). The molecule has 0 bridgehead atoms. The van der Waals surface area contributed by atoms with Crippen LogP contribution in [0.1, 0.15) is 41.1 Å². The van der Waals surface area contributed by atoms with Gasteiger partial charge in [0.2, 0.25) is 0 Å². The summed E-state index contributed by atoms with van der Waals surface area (Å²) in [6.07, 6.45) is 0.0800. The highest BCUT2D eigenvalue weighted by Crippen LogP contribution is 2.38. The molecule has 2 aliphatic rings. The van der Waals surface area contributed by atoms with E-state index in [1.165, 1.54) is 0 Å². The van der Waals surface area contributed by atoms with Crippen LogP contribution in [0.3, 0.4) is 0 Å². The first-order valence-corrected chi connectivity index (χ1v) is 13.2. The average molecular weight is 518 g/mol. The Morgan fingerprint density at radius 3 is 2.29 bits per heavy atom. The highest BCUT2D eigenvalue weighted by molar-refractivity contribution is 5.89. The fourth-order valence-electron chi connectivity index (χ4n) is 4.78. The van der Waals surface area contributed by atoms with Crippen molar-refractivity contribution in [3.05, 3.63) is 101 Å². The van der Waals surface area contributed by atoms with Crippen LogP contribution in [-0.2, 0) is 27.4 Å². The van der Waals surface area contributed by atoms with Gasteiger partial charge in [-0.1, -0.05) is 66.7 Å². The lowest BCUT2D eigenvalue weighted by atomic mass is 9.99. The van der Waals surface area contributed by atoms with Crippen molar-refractivity contribution in [3.8, 4) is 0 Å². The fraction of sp³-hybridized carbons (Fsp3) is 0.367. The second-order valence-electron chi connectivity index (χ2n) is 9.68. The first-order chi connectivity index (χ1) is 18.7. The van der Waals surface area contributed by atoms with Crippen molar-refractivity contribution in [1.29, 1.82) is 0 Å². The number of carbonyl (C=O) groups is 1. The minimum Gasteiger partial charge on any atom is -0.392 e. The number of hydrogen-bond donors (Lipinski definition) is 3. The first kappa shape index (κ1) is 26.3. The number of benzene rings is 3. The van der Waals surface area contributed by atoms with Crippen LogP contribution in [0.15, 0.2) is 78.9 Å². The largest absolute Gasteiger partial charge is 0.392 e. The van der Waals surface area contributed by atoms with E-state index in [2.05, 4.69) is 15.5 Å². The summed E-state index contributed by atoms with van der Waals surface area (Å²) in [5, 5.41) is 15.2. The molecule has 0 aliphatic carbocycles. The summed E-state index contributed by atoms with van der Waals surface area (Å²) < 4.78 is 18.4. The number of hydrogen-bond acceptors (Lipinski definition) is 6. The molecule has 38 heavy (non-hydrogen) atoms. The van der Waals surface area contributed by atoms with Crippen LogP contribution >= 0.6 is 0 Å². The maximum atomic E-state index is 12.3. The number of nitrogens with zero attached hydrogens (tertiary/aromatic N) is 1. The lowest BCUT2D eigenvalue weighted by Crippen LogP contribution is -2.44. The van der Waals surface area contributed by atoms with Gasteiger partial charge in [-0.15, -0.1) is 0 Å². The number of anilines is 1. The molecule has 3 aromatic carbocycles. The van der Waals surface area contributed by atoms with Crippen LogP contribution in [0.25, 0.3) is 0 Å². The Labute approximate surface area is 223 Å². The SMILES string of the molecule is O=C(NCc1ccccc1)Nc1ccc(C2OC(CN3CCOCC3)CC(c3ccc(CO)cc3)O2)cc1. The molecule has 2 amide bonds. The van der Waals surface area contributed by atoms with Crippen LogP contribution in [0.4, 0.5) is 10.5 Å². The second kappa shape index (κ2) is 13.0. The highest BCUT2D eigenvalue weighted by Gasteiger charge is 2.33. The van der Waals surface area contributed by atoms with Gasteiger partial charge in [0.25, 0.3) is 0 Å². The molecule has 3 aromatic rings. The maximum absolute atomic E-state index is 12.3. The Hall–Kier alpha value is -3.27. The summed E-state index contributed by atoms with van der Waals surface area (Å²) in [6.45, 7) is 4.57. The van der Waals surface area contributed by atoms with Crippen molar-refractivity contribution >= 4 is 11.7 Å². The van der Waals surface area contributed by atoms with E-state index in [9.17, 15) is 9.90 Å². The fourth-order valence-corrected chi connectivity index (χ4v) is 4.78. The summed E-state index contributed by atoms with van der Waals surface area (Å²) in [5.41, 5.74) is 4.56. The summed E-state index contributed by atoms with van der Waals surface area (Å²) >= 11 is 0. The molecule has 8 heteroatoms. The van der Waals surface area contributed by atoms with E-state index in [0.29, 0.717) is 12.2 Å². The van der Waals surface area contributed by atoms with Crippen LogP contribution in [-0.4, -0.2) is 55.0 Å². The molecule has 3 N–H and O–H groups in total. The zero-order valence-electron chi connectivity index (χ0n) is 21.4. The van der Waals surface area contributed by atoms with Crippen molar-refractivity contribution < 1.29 is 24.1 Å². The number of nitrogens with one attached hydrogen (secondary N) is 2. The molecule has 2 fully saturated rings. The summed E-state index contributed by atoms with van der Waals surface area (Å²) in [5.74, 6) is 0. The highest BCUT2D eigenvalue weighted by atomic mass is 16.7. The molecule has 0 radical (unpaired) electrons. The monoisotopic (exact) mass is 517 g/mol. The molecule has 0 aromatic heterocycles. The molecule has 2 aliphatic heterocycles. The van der Waals surface area contributed by atoms with E-state index >= 15 is 0 Å². The minimum absolute atomic E-state index is 0.00376. The second-order valence-corrected chi connectivity index (χ2v) is 9.68. The van der Waals surface area contributed by atoms with Gasteiger partial charge in [0.05, 0.1) is 32.0 Å². The maximum Gasteiger partial charge on any atom is 0.319 e. The van der Waals surface area contributed by atoms with Gasteiger partial charge in [-0.2, -0.15) is 0 Å². The van der Waals surface area contributed by atoms with Gasteiger partial charge in [-0.05, 0) is 28.8 Å². The zero-order chi connectivity index (χ0) is 26.2. The van der Waals surface area contributed by atoms with Crippen LogP contribution in [0, 0.1) is 0 Å². The van der Waals surface area contributed by atoms with Crippen molar-refractivity contribution in [2.75, 3.05) is 38.2 Å². The molecule has 8 nitrogen and oxygen atoms in total. The van der Waals surface area contributed by atoms with E-state index < -0.39 is 6.29 Å². The van der Waals surface area contributed by atoms with Gasteiger partial charge in [0.1, 0.15) is 0 Å². The van der Waals surface area contributed by atoms with E-state index in [1.807, 2.05) is 78.9 Å². The number of ether oxygens (including phenoxy) is 3. The molecule has 2 heterocycles. The van der Waals surface area contributed by atoms with E-state index in [0.717, 1.165) is 61.5 Å². The number of carbonyl (C=O) groups excluding carboxylic acids is 1. The Morgan fingerprint density at radius 1 is 0.868 bits per heavy atom. The molecule has 2 saturated heterocycles. The third-order valence-corrected chi connectivity index (χ3v) is 6.92. The lowest BCUT2D eigenvalue weighted by Gasteiger charge is -2.39. The lowest BCUT2D eigenvalue weighted by molar-refractivity contribution is -0.253. The smallest absolute Gasteiger partial charge is 0.319 e. The number of aliphatic hydroxyl groups excluding tert-OH is 1. The molecule has 3 unspecified atom stereocenters. The predicted molar refractivity (Wildman–Crippen MR) is 144 cm³/mol. The summed E-state index contributed by atoms with van der Waals surface area (Å²) in [6, 6.07) is 25.0. The van der Waals surface area contributed by atoms with Gasteiger partial charge in [0, 0.05) is 43.9 Å². The van der Waals surface area contributed by atoms with Crippen LogP contribution in [0.2, 0.25) is 0 Å². The Morgan fingerprint density at radius 2 is 1.58 bits per heavy atom. The zero-order valence-corrected chi connectivity index (χ0v) is 21.4. The molecular formula is C30H35N3O5. The van der Waals surface area contributed by atoms with E-state index in [1.54, 1.807) is 0 Å². The van der Waals surface area contributed by atoms with Crippen molar-refractivity contribution in [2.24, 2.45) is 0 Å². The van der Waals surface area contributed by atoms with Gasteiger partial charge < -0.3 is 30.0 Å². The third kappa shape index (κ3) is 7.18. The summed E-state index contributed by atoms with van der Waals surface area (Å²) in [7, 11) is 0. The average Bonchev–Trinajstić information content (AvgIpc) is 2.97. The molecule has 3 atom stereocenters. The topological polar surface area (TPSA) is 92.3 Å². The van der Waals surface area contributed by atoms with Crippen molar-refractivity contribution in [1.82, 2.24) is 10.2 Å². The van der Waals surface area contributed by atoms with Gasteiger partial charge >= 0.3 is 6.03 Å². The Balaban J connectivity index is 1.24. The summed E-state index contributed by atoms with van der Waals surface area (Å²) in [4.78, 5) is 14.7. The van der Waals surface area contributed by atoms with Crippen LogP contribution in [0.5, 0.6) is 0 Å². The Kier molecular flexibility index (Phi) is 9.01. The van der Waals surface area contributed by atoms with E-state index in [-0.39, 0.29) is 24.8 Å². The number of morpholine rings is 1. The number of rotatable bonds is 8. The number of urea groups is 1. The Bertz CT molecular complexity index is 1150. The standard InChI is InChI=1S/C30H35N3O5/c34-21-23-6-8-24(9-7-23)28-18-27(20-33-14-16-36-17-15-33)37-29(38-28)25-10-12-26(13-11-25)32-30(35)31-19-22-4-2-1-3-5-22/h1-13,27-29,34H,14-21H2,(H2,31,32,35). The normalized spacial score (nSPS) is 22.1. The van der Waals surface area contributed by atoms with Gasteiger partial charge in [-0.3, -0.25) is 4.90 Å². The van der Waals surface area contributed by atoms with Gasteiger partial charge in [-0.25, -0.2) is 4.79 Å². The number of aliphatic hydroxyl groups is 1. The van der Waals surface area contributed by atoms with Gasteiger partial charge in [0.15, 0.2) is 6.29 Å². The molecule has 200 valence electrons. The van der Waals surface area contributed by atoms with Crippen molar-refractivity contribution in [2.45, 2.75) is 38.1 Å². The number of amides is 2. The quantitative estimate of drug-likeness (QED) is 0.411. The van der Waals surface area contributed by atoms with Crippen molar-refractivity contribution in [3.63, 3.8) is 0 Å². The minimum atomic E-state index is -0.529. The third-order valence-electron chi connectivity index (χ3n) is 6.92.